The van der Waals surface area contributed by atoms with Crippen LogP contribution in [0.1, 0.15) is 22.8 Å². The van der Waals surface area contributed by atoms with Crippen molar-refractivity contribution in [1.29, 1.82) is 0 Å². The lowest BCUT2D eigenvalue weighted by Crippen LogP contribution is -2.11. The molecule has 6 nitrogen and oxygen atoms in total. The number of nitro benzene ring substituents is 1. The summed E-state index contributed by atoms with van der Waals surface area (Å²) in [6.45, 7) is 1.84. The van der Waals surface area contributed by atoms with Crippen LogP contribution in [-0.4, -0.2) is 22.3 Å². The highest BCUT2D eigenvalue weighted by molar-refractivity contribution is 6.32. The van der Waals surface area contributed by atoms with Crippen LogP contribution >= 0.6 is 11.6 Å². The second kappa shape index (κ2) is 6.94. The van der Waals surface area contributed by atoms with Gasteiger partial charge in [-0.2, -0.15) is 0 Å². The second-order valence-corrected chi connectivity index (χ2v) is 5.89. The van der Waals surface area contributed by atoms with Crippen molar-refractivity contribution in [2.75, 3.05) is 6.61 Å². The molecule has 0 unspecified atom stereocenters. The van der Waals surface area contributed by atoms with Crippen molar-refractivity contribution in [3.63, 3.8) is 0 Å². The first-order chi connectivity index (χ1) is 12.0. The topological polar surface area (TPSA) is 85.2 Å². The zero-order chi connectivity index (χ0) is 18.0. The van der Waals surface area contributed by atoms with Gasteiger partial charge >= 0.3 is 0 Å². The van der Waals surface area contributed by atoms with E-state index in [9.17, 15) is 14.9 Å². The lowest BCUT2D eigenvalue weighted by molar-refractivity contribution is -0.384. The second-order valence-electron chi connectivity index (χ2n) is 5.48. The fraction of sp³-hybridized carbons (Fsp3) is 0.167. The molecule has 0 saturated carbocycles. The average molecular weight is 359 g/mol. The number of nitrogens with one attached hydrogen (secondary N) is 1. The van der Waals surface area contributed by atoms with E-state index in [2.05, 4.69) is 11.9 Å². The molecule has 0 atom stereocenters. The molecule has 1 aromatic heterocycles. The predicted molar refractivity (Wildman–Crippen MR) is 95.6 cm³/mol. The Bertz CT molecular complexity index is 965. The summed E-state index contributed by atoms with van der Waals surface area (Å²) in [7, 11) is 0. The first kappa shape index (κ1) is 17.0. The van der Waals surface area contributed by atoms with Crippen molar-refractivity contribution in [2.24, 2.45) is 0 Å². The summed E-state index contributed by atoms with van der Waals surface area (Å²) in [6, 6.07) is 9.68. The number of rotatable bonds is 6. The van der Waals surface area contributed by atoms with E-state index in [1.165, 1.54) is 18.2 Å². The maximum absolute atomic E-state index is 12.5. The van der Waals surface area contributed by atoms with E-state index in [1.54, 1.807) is 6.20 Å². The Morgan fingerprint density at radius 3 is 2.80 bits per heavy atom. The fourth-order valence-electron chi connectivity index (χ4n) is 2.68. The van der Waals surface area contributed by atoms with Crippen molar-refractivity contribution >= 4 is 34.0 Å². The van der Waals surface area contributed by atoms with Crippen molar-refractivity contribution in [1.82, 2.24) is 4.98 Å². The number of H-pyrrole nitrogens is 1. The fourth-order valence-corrected chi connectivity index (χ4v) is 2.91. The van der Waals surface area contributed by atoms with Gasteiger partial charge in [0.2, 0.25) is 5.78 Å². The molecule has 0 radical (unpaired) electrons. The Hall–Kier alpha value is -2.86. The third-order valence-electron chi connectivity index (χ3n) is 3.97. The van der Waals surface area contributed by atoms with Crippen molar-refractivity contribution in [2.45, 2.75) is 13.3 Å². The van der Waals surface area contributed by atoms with Crippen LogP contribution in [0.5, 0.6) is 5.75 Å². The molecule has 3 rings (SSSR count). The van der Waals surface area contributed by atoms with E-state index >= 15 is 0 Å². The van der Waals surface area contributed by atoms with Gasteiger partial charge in [-0.15, -0.1) is 0 Å². The Kier molecular flexibility index (Phi) is 4.72. The smallest absolute Gasteiger partial charge is 0.271 e. The van der Waals surface area contributed by atoms with Gasteiger partial charge in [0.25, 0.3) is 5.69 Å². The summed E-state index contributed by atoms with van der Waals surface area (Å²) in [5.74, 6) is 0.0311. The van der Waals surface area contributed by atoms with Gasteiger partial charge in [0, 0.05) is 34.8 Å². The third-order valence-corrected chi connectivity index (χ3v) is 4.26. The van der Waals surface area contributed by atoms with Crippen LogP contribution in [0, 0.1) is 10.1 Å². The van der Waals surface area contributed by atoms with Crippen molar-refractivity contribution in [3.8, 4) is 5.75 Å². The van der Waals surface area contributed by atoms with Gasteiger partial charge in [-0.1, -0.05) is 36.7 Å². The van der Waals surface area contributed by atoms with Gasteiger partial charge in [0.15, 0.2) is 6.61 Å². The van der Waals surface area contributed by atoms with Crippen molar-refractivity contribution in [3.05, 3.63) is 68.9 Å². The number of aryl methyl sites for hydroxylation is 1. The van der Waals surface area contributed by atoms with Crippen LogP contribution in [0.2, 0.25) is 5.02 Å². The van der Waals surface area contributed by atoms with E-state index in [1.807, 2.05) is 18.2 Å². The minimum Gasteiger partial charge on any atom is -0.484 e. The number of aromatic amines is 1. The number of aromatic nitrogens is 1. The lowest BCUT2D eigenvalue weighted by Gasteiger charge is -2.07. The summed E-state index contributed by atoms with van der Waals surface area (Å²) in [6.07, 6.45) is 2.54. The van der Waals surface area contributed by atoms with E-state index in [0.717, 1.165) is 22.9 Å². The molecular weight excluding hydrogens is 344 g/mol. The van der Waals surface area contributed by atoms with Crippen LogP contribution in [0.25, 0.3) is 10.9 Å². The molecule has 0 spiro atoms. The Morgan fingerprint density at radius 1 is 1.32 bits per heavy atom. The molecule has 0 bridgehead atoms. The molecule has 0 aliphatic carbocycles. The Morgan fingerprint density at radius 2 is 2.12 bits per heavy atom. The van der Waals surface area contributed by atoms with Crippen molar-refractivity contribution < 1.29 is 14.5 Å². The maximum Gasteiger partial charge on any atom is 0.271 e. The van der Waals surface area contributed by atoms with E-state index in [-0.39, 0.29) is 28.8 Å². The van der Waals surface area contributed by atoms with E-state index in [0.29, 0.717) is 5.56 Å². The number of ketones is 1. The average Bonchev–Trinajstić information content (AvgIpc) is 3.04. The molecule has 128 valence electrons. The number of benzene rings is 2. The van der Waals surface area contributed by atoms with Gasteiger partial charge in [-0.3, -0.25) is 14.9 Å². The number of hydrogen-bond acceptors (Lipinski definition) is 4. The molecule has 0 amide bonds. The predicted octanol–water partition coefficient (Wildman–Crippen LogP) is 4.55. The van der Waals surface area contributed by atoms with E-state index in [4.69, 9.17) is 16.3 Å². The third kappa shape index (κ3) is 3.34. The number of para-hydroxylation sites is 1. The molecule has 25 heavy (non-hydrogen) atoms. The highest BCUT2D eigenvalue weighted by atomic mass is 35.5. The Balaban J connectivity index is 1.78. The zero-order valence-corrected chi connectivity index (χ0v) is 14.2. The lowest BCUT2D eigenvalue weighted by atomic mass is 10.1. The molecule has 0 aliphatic heterocycles. The number of hydrogen-bond donors (Lipinski definition) is 1. The number of carbonyl (C=O) groups is 1. The molecule has 0 aliphatic rings. The van der Waals surface area contributed by atoms with Gasteiger partial charge in [-0.05, 0) is 18.1 Å². The summed E-state index contributed by atoms with van der Waals surface area (Å²) in [5.41, 5.74) is 2.49. The molecule has 0 fully saturated rings. The largest absolute Gasteiger partial charge is 0.484 e. The quantitative estimate of drug-likeness (QED) is 0.398. The first-order valence-electron chi connectivity index (χ1n) is 7.70. The summed E-state index contributed by atoms with van der Waals surface area (Å²) >= 11 is 5.97. The molecule has 0 saturated heterocycles. The number of carbonyl (C=O) groups excluding carboxylic acids is 1. The summed E-state index contributed by atoms with van der Waals surface area (Å²) in [4.78, 5) is 25.8. The number of Topliss-reactive ketones (excluding diaryl/α,β-unsaturated/α-hetero) is 1. The van der Waals surface area contributed by atoms with E-state index < -0.39 is 4.92 Å². The molecular formula is C18H15ClN2O4. The standard InChI is InChI=1S/C18H15ClN2O4/c1-2-11-4-3-5-13-14(9-20-18(11)13)16(22)10-25-17-7-6-12(21(23)24)8-15(17)19/h3-9,20H,2,10H2,1H3. The number of nitrogens with zero attached hydrogens (tertiary/aromatic N) is 1. The first-order valence-corrected chi connectivity index (χ1v) is 8.08. The number of non-ortho nitro benzene ring substituents is 1. The minimum absolute atomic E-state index is 0.0918. The summed E-state index contributed by atoms with van der Waals surface area (Å²) < 4.78 is 5.44. The summed E-state index contributed by atoms with van der Waals surface area (Å²) in [5, 5.41) is 11.7. The zero-order valence-electron chi connectivity index (χ0n) is 13.4. The molecule has 3 aromatic rings. The van der Waals surface area contributed by atoms with Crippen LogP contribution in [0.3, 0.4) is 0 Å². The van der Waals surface area contributed by atoms with Crippen LogP contribution in [-0.2, 0) is 6.42 Å². The number of nitro groups is 1. The minimum atomic E-state index is -0.544. The monoisotopic (exact) mass is 358 g/mol. The highest BCUT2D eigenvalue weighted by Gasteiger charge is 2.16. The Labute approximate surface area is 148 Å². The molecule has 2 aromatic carbocycles. The van der Waals surface area contributed by atoms with Crippen LogP contribution < -0.4 is 4.74 Å². The van der Waals surface area contributed by atoms with Gasteiger partial charge in [-0.25, -0.2) is 0 Å². The molecule has 7 heteroatoms. The van der Waals surface area contributed by atoms with Crippen LogP contribution in [0.4, 0.5) is 5.69 Å². The molecule has 1 heterocycles. The van der Waals surface area contributed by atoms with Gasteiger partial charge < -0.3 is 9.72 Å². The SMILES string of the molecule is CCc1cccc2c(C(=O)COc3ccc([N+](=O)[O-])cc3Cl)c[nH]c12. The maximum atomic E-state index is 12.5. The van der Waals surface area contributed by atoms with Crippen LogP contribution in [0.15, 0.2) is 42.6 Å². The van der Waals surface area contributed by atoms with Gasteiger partial charge in [0.1, 0.15) is 5.75 Å². The normalized spacial score (nSPS) is 10.8. The highest BCUT2D eigenvalue weighted by Crippen LogP contribution is 2.29. The number of halogens is 1. The van der Waals surface area contributed by atoms with Gasteiger partial charge in [0.05, 0.1) is 9.95 Å². The number of fused-ring (bicyclic) bond motifs is 1. The molecule has 1 N–H and O–H groups in total. The number of ether oxygens (including phenoxy) is 1.